The first-order valence-electron chi connectivity index (χ1n) is 10.3. The van der Waals surface area contributed by atoms with Crippen LogP contribution in [-0.2, 0) is 6.54 Å². The lowest BCUT2D eigenvalue weighted by Gasteiger charge is -2.32. The van der Waals surface area contributed by atoms with E-state index in [0.717, 1.165) is 30.2 Å². The summed E-state index contributed by atoms with van der Waals surface area (Å²) in [6.07, 6.45) is 4.75. The average Bonchev–Trinajstić information content (AvgIpc) is 3.50. The summed E-state index contributed by atoms with van der Waals surface area (Å²) >= 11 is 1.89. The smallest absolute Gasteiger partial charge is 0.160 e. The topological polar surface area (TPSA) is 46.6 Å². The van der Waals surface area contributed by atoms with Gasteiger partial charge in [0.1, 0.15) is 11.8 Å². The Labute approximate surface area is 175 Å². The zero-order valence-corrected chi connectivity index (χ0v) is 17.9. The van der Waals surface area contributed by atoms with Gasteiger partial charge >= 0.3 is 0 Å². The summed E-state index contributed by atoms with van der Waals surface area (Å²) in [5.41, 5.74) is 4.94. The Hall–Kier alpha value is -2.47. The van der Waals surface area contributed by atoms with Crippen LogP contribution in [0.2, 0.25) is 0 Å². The molecule has 0 unspecified atom stereocenters. The molecule has 150 valence electrons. The lowest BCUT2D eigenvalue weighted by molar-refractivity contribution is 0.254. The summed E-state index contributed by atoms with van der Waals surface area (Å²) in [6.45, 7) is 7.44. The molecule has 1 fully saturated rings. The first-order chi connectivity index (χ1) is 14.2. The van der Waals surface area contributed by atoms with E-state index in [0.29, 0.717) is 6.04 Å². The van der Waals surface area contributed by atoms with Crippen molar-refractivity contribution in [1.82, 2.24) is 14.5 Å². The lowest BCUT2D eigenvalue weighted by atomic mass is 9.95. The first-order valence-corrected chi connectivity index (χ1v) is 11.2. The number of furan rings is 1. The highest BCUT2D eigenvalue weighted by atomic mass is 32.2. The highest BCUT2D eigenvalue weighted by molar-refractivity contribution is 8.14. The van der Waals surface area contributed by atoms with Crippen molar-refractivity contribution in [2.75, 3.05) is 5.75 Å². The minimum atomic E-state index is 0.0330. The van der Waals surface area contributed by atoms with Gasteiger partial charge in [0.15, 0.2) is 5.17 Å². The van der Waals surface area contributed by atoms with Gasteiger partial charge in [-0.15, -0.1) is 0 Å². The predicted octanol–water partition coefficient (Wildman–Crippen LogP) is 5.12. The number of aryl methyl sites for hydroxylation is 1. The zero-order chi connectivity index (χ0) is 20.0. The van der Waals surface area contributed by atoms with E-state index < -0.39 is 0 Å². The number of hydrogen-bond acceptors (Lipinski definition) is 5. The molecule has 0 radical (unpaired) electrons. The molecular formula is C23H26N4OS. The molecule has 3 aromatic rings. The van der Waals surface area contributed by atoms with Crippen molar-refractivity contribution in [2.45, 2.75) is 51.9 Å². The van der Waals surface area contributed by atoms with E-state index in [2.05, 4.69) is 53.4 Å². The molecule has 1 saturated heterocycles. The van der Waals surface area contributed by atoms with Crippen LogP contribution < -0.4 is 0 Å². The molecule has 0 amide bonds. The standard InChI is InChI=1S/C23H26N4OS/c1-4-17-14-29-23-25-21(20-9-5-6-10-24-20)22(27(17)23)19-12-15(2)26(16(19)3)13-18-8-7-11-28-18/h5-12,17,21-22H,4,13-14H2,1-3H3/t17-,21+,22+/m0/s1. The summed E-state index contributed by atoms with van der Waals surface area (Å²) in [5, 5.41) is 1.17. The second kappa shape index (κ2) is 7.41. The van der Waals surface area contributed by atoms with Crippen molar-refractivity contribution in [3.8, 4) is 0 Å². The molecule has 0 saturated carbocycles. The van der Waals surface area contributed by atoms with Gasteiger partial charge in [-0.3, -0.25) is 9.98 Å². The Morgan fingerprint density at radius 3 is 2.83 bits per heavy atom. The molecule has 3 aromatic heterocycles. The summed E-state index contributed by atoms with van der Waals surface area (Å²) in [6, 6.07) is 13.2. The molecule has 2 aliphatic rings. The molecule has 5 nitrogen and oxygen atoms in total. The van der Waals surface area contributed by atoms with Crippen LogP contribution >= 0.6 is 11.8 Å². The van der Waals surface area contributed by atoms with Gasteiger partial charge in [-0.1, -0.05) is 24.8 Å². The number of aromatic nitrogens is 2. The Balaban J connectivity index is 1.58. The molecule has 6 heteroatoms. The summed E-state index contributed by atoms with van der Waals surface area (Å²) in [5.74, 6) is 2.09. The summed E-state index contributed by atoms with van der Waals surface area (Å²) < 4.78 is 7.96. The monoisotopic (exact) mass is 406 g/mol. The van der Waals surface area contributed by atoms with Crippen molar-refractivity contribution >= 4 is 16.9 Å². The third-order valence-electron chi connectivity index (χ3n) is 6.15. The summed E-state index contributed by atoms with van der Waals surface area (Å²) in [4.78, 5) is 12.4. The second-order valence-corrected chi connectivity index (χ2v) is 8.82. The minimum absolute atomic E-state index is 0.0330. The maximum Gasteiger partial charge on any atom is 0.160 e. The molecule has 5 heterocycles. The van der Waals surface area contributed by atoms with Crippen molar-refractivity contribution in [3.05, 3.63) is 77.3 Å². The average molecular weight is 407 g/mol. The van der Waals surface area contributed by atoms with Crippen molar-refractivity contribution in [1.29, 1.82) is 0 Å². The molecule has 2 aliphatic heterocycles. The number of amidine groups is 1. The normalized spacial score (nSPS) is 23.5. The molecule has 0 N–H and O–H groups in total. The maximum atomic E-state index is 5.61. The van der Waals surface area contributed by atoms with Crippen LogP contribution in [0.3, 0.4) is 0 Å². The van der Waals surface area contributed by atoms with Gasteiger partial charge in [0, 0.05) is 29.4 Å². The SMILES string of the molecule is CC[C@H]1CSC2=N[C@H](c3ccccn3)[C@@H](c3cc(C)n(Cc4ccco4)c3C)N21. The number of aliphatic imine (C=N–C) groups is 1. The molecule has 3 atom stereocenters. The fraction of sp³-hybridized carbons (Fsp3) is 0.391. The molecule has 29 heavy (non-hydrogen) atoms. The highest BCUT2D eigenvalue weighted by Crippen LogP contribution is 2.49. The van der Waals surface area contributed by atoms with E-state index in [1.807, 2.05) is 36.2 Å². The summed E-state index contributed by atoms with van der Waals surface area (Å²) in [7, 11) is 0. The predicted molar refractivity (Wildman–Crippen MR) is 117 cm³/mol. The molecule has 0 bridgehead atoms. The van der Waals surface area contributed by atoms with Crippen molar-refractivity contribution in [2.24, 2.45) is 4.99 Å². The number of rotatable bonds is 5. The number of nitrogens with zero attached hydrogens (tertiary/aromatic N) is 4. The van der Waals surface area contributed by atoms with Gasteiger partial charge < -0.3 is 13.9 Å². The van der Waals surface area contributed by atoms with Gasteiger partial charge in [0.25, 0.3) is 0 Å². The lowest BCUT2D eigenvalue weighted by Crippen LogP contribution is -2.35. The van der Waals surface area contributed by atoms with Gasteiger partial charge in [0.05, 0.1) is 24.5 Å². The van der Waals surface area contributed by atoms with Crippen LogP contribution in [0.4, 0.5) is 0 Å². The fourth-order valence-corrected chi connectivity index (χ4v) is 5.95. The van der Waals surface area contributed by atoms with Crippen LogP contribution in [0.5, 0.6) is 0 Å². The number of pyridine rings is 1. The van der Waals surface area contributed by atoms with Crippen LogP contribution in [0.1, 0.15) is 53.8 Å². The Kier molecular flexibility index (Phi) is 4.74. The second-order valence-electron chi connectivity index (χ2n) is 7.83. The van der Waals surface area contributed by atoms with Gasteiger partial charge in [0.2, 0.25) is 0 Å². The van der Waals surface area contributed by atoms with E-state index in [1.54, 1.807) is 6.26 Å². The molecule has 0 aliphatic carbocycles. The zero-order valence-electron chi connectivity index (χ0n) is 17.1. The van der Waals surface area contributed by atoms with E-state index in [4.69, 9.17) is 9.41 Å². The number of hydrogen-bond donors (Lipinski definition) is 0. The van der Waals surface area contributed by atoms with Crippen LogP contribution in [0, 0.1) is 13.8 Å². The third kappa shape index (κ3) is 3.10. The van der Waals surface area contributed by atoms with E-state index in [-0.39, 0.29) is 12.1 Å². The maximum absolute atomic E-state index is 5.61. The van der Waals surface area contributed by atoms with E-state index >= 15 is 0 Å². The minimum Gasteiger partial charge on any atom is -0.467 e. The number of fused-ring (bicyclic) bond motifs is 1. The van der Waals surface area contributed by atoms with Crippen LogP contribution in [0.25, 0.3) is 0 Å². The third-order valence-corrected chi connectivity index (χ3v) is 7.28. The van der Waals surface area contributed by atoms with E-state index in [1.165, 1.54) is 22.1 Å². The molecule has 5 rings (SSSR count). The van der Waals surface area contributed by atoms with Gasteiger partial charge in [-0.25, -0.2) is 0 Å². The molecule has 0 aromatic carbocycles. The molecular weight excluding hydrogens is 380 g/mol. The molecule has 0 spiro atoms. The van der Waals surface area contributed by atoms with Crippen LogP contribution in [0.15, 0.2) is 58.3 Å². The van der Waals surface area contributed by atoms with Crippen molar-refractivity contribution < 1.29 is 4.42 Å². The fourth-order valence-electron chi connectivity index (χ4n) is 4.62. The van der Waals surface area contributed by atoms with Gasteiger partial charge in [-0.05, 0) is 56.2 Å². The Morgan fingerprint density at radius 2 is 2.10 bits per heavy atom. The van der Waals surface area contributed by atoms with Crippen LogP contribution in [-0.4, -0.2) is 31.4 Å². The Bertz CT molecular complexity index is 1020. The highest BCUT2D eigenvalue weighted by Gasteiger charge is 2.46. The Morgan fingerprint density at radius 1 is 1.21 bits per heavy atom. The first kappa shape index (κ1) is 18.6. The van der Waals surface area contributed by atoms with Crippen molar-refractivity contribution in [3.63, 3.8) is 0 Å². The largest absolute Gasteiger partial charge is 0.467 e. The van der Waals surface area contributed by atoms with Gasteiger partial charge in [-0.2, -0.15) is 0 Å². The van der Waals surface area contributed by atoms with E-state index in [9.17, 15) is 0 Å². The number of thioether (sulfide) groups is 1. The quantitative estimate of drug-likeness (QED) is 0.590.